The first-order valence-electron chi connectivity index (χ1n) is 7.36. The number of urea groups is 1. The Kier molecular flexibility index (Phi) is 4.33. The Labute approximate surface area is 137 Å². The number of hydrazine groups is 1. The van der Waals surface area contributed by atoms with Crippen molar-refractivity contribution in [2.24, 2.45) is 0 Å². The molecule has 4 amide bonds. The third kappa shape index (κ3) is 3.28. The maximum absolute atomic E-state index is 12.2. The van der Waals surface area contributed by atoms with Gasteiger partial charge in [-0.15, -0.1) is 4.28 Å². The van der Waals surface area contributed by atoms with Crippen LogP contribution >= 0.6 is 0 Å². The van der Waals surface area contributed by atoms with E-state index in [0.29, 0.717) is 17.9 Å². The zero-order valence-electron chi connectivity index (χ0n) is 12.5. The van der Waals surface area contributed by atoms with Gasteiger partial charge in [-0.3, -0.25) is 25.0 Å². The van der Waals surface area contributed by atoms with Gasteiger partial charge in [-0.2, -0.15) is 13.5 Å². The van der Waals surface area contributed by atoms with Crippen molar-refractivity contribution in [3.05, 3.63) is 0 Å². The highest BCUT2D eigenvalue weighted by atomic mass is 32.3. The Hall–Kier alpha value is -1.96. The normalized spacial score (nSPS) is 29.2. The van der Waals surface area contributed by atoms with Crippen molar-refractivity contribution >= 4 is 28.2 Å². The molecule has 0 radical (unpaired) electrons. The molecule has 0 aromatic heterocycles. The summed E-state index contributed by atoms with van der Waals surface area (Å²) >= 11 is 0. The molecule has 4 N–H and O–H groups in total. The molecule has 0 aliphatic carbocycles. The van der Waals surface area contributed by atoms with Gasteiger partial charge in [-0.25, -0.2) is 4.79 Å². The number of carbonyl (C=O) groups is 3. The summed E-state index contributed by atoms with van der Waals surface area (Å²) in [5.74, 6) is -0.949. The summed E-state index contributed by atoms with van der Waals surface area (Å²) in [4.78, 5) is 37.1. The van der Waals surface area contributed by atoms with Crippen LogP contribution in [0.2, 0.25) is 0 Å². The van der Waals surface area contributed by atoms with E-state index in [1.165, 1.54) is 0 Å². The zero-order valence-corrected chi connectivity index (χ0v) is 13.3. The standard InChI is InChI=1S/C11H17N5O7S/c17-9(7-3-4-12-7)13-14-10(18)8-2-1-6-5-15(8)11(19)16(6)23-24(20,21)22/h6-8,12H,1-5H2,(H,13,17)(H,14,18)(H,20,21,22). The monoisotopic (exact) mass is 363 g/mol. The summed E-state index contributed by atoms with van der Waals surface area (Å²) in [6.45, 7) is 0.826. The molecular formula is C11H17N5O7S. The van der Waals surface area contributed by atoms with E-state index in [-0.39, 0.29) is 24.9 Å². The van der Waals surface area contributed by atoms with E-state index in [1.807, 2.05) is 0 Å². The van der Waals surface area contributed by atoms with E-state index < -0.39 is 34.4 Å². The maximum atomic E-state index is 12.2. The Balaban J connectivity index is 1.58. The lowest BCUT2D eigenvalue weighted by Crippen LogP contribution is -2.59. The second-order valence-electron chi connectivity index (χ2n) is 5.78. The molecule has 0 spiro atoms. The number of carbonyl (C=O) groups excluding carboxylic acids is 3. The first kappa shape index (κ1) is 16.9. The van der Waals surface area contributed by atoms with E-state index in [2.05, 4.69) is 20.5 Å². The summed E-state index contributed by atoms with van der Waals surface area (Å²) < 4.78 is 34.6. The van der Waals surface area contributed by atoms with Crippen LogP contribution in [-0.2, 0) is 24.3 Å². The summed E-state index contributed by atoms with van der Waals surface area (Å²) in [7, 11) is -4.83. The quantitative estimate of drug-likeness (QED) is 0.315. The molecule has 0 aromatic carbocycles. The van der Waals surface area contributed by atoms with E-state index >= 15 is 0 Å². The van der Waals surface area contributed by atoms with Crippen molar-refractivity contribution in [3.63, 3.8) is 0 Å². The maximum Gasteiger partial charge on any atom is 0.418 e. The van der Waals surface area contributed by atoms with Gasteiger partial charge < -0.3 is 10.2 Å². The minimum atomic E-state index is -4.83. The molecule has 3 fully saturated rings. The second kappa shape index (κ2) is 6.16. The van der Waals surface area contributed by atoms with E-state index in [0.717, 1.165) is 11.4 Å². The van der Waals surface area contributed by atoms with Crippen LogP contribution in [0.1, 0.15) is 19.3 Å². The average Bonchev–Trinajstić information content (AvgIpc) is 2.67. The minimum absolute atomic E-state index is 0.0879. The number of hydroxylamine groups is 2. The van der Waals surface area contributed by atoms with Crippen LogP contribution in [0.25, 0.3) is 0 Å². The van der Waals surface area contributed by atoms with Gasteiger partial charge in [0.15, 0.2) is 0 Å². The van der Waals surface area contributed by atoms with Crippen molar-refractivity contribution in [3.8, 4) is 0 Å². The lowest BCUT2D eigenvalue weighted by atomic mass is 10.0. The molecule has 3 heterocycles. The van der Waals surface area contributed by atoms with E-state index in [9.17, 15) is 22.8 Å². The molecule has 3 aliphatic heterocycles. The second-order valence-corrected chi connectivity index (χ2v) is 6.79. The molecule has 24 heavy (non-hydrogen) atoms. The average molecular weight is 363 g/mol. The van der Waals surface area contributed by atoms with Gasteiger partial charge >= 0.3 is 16.4 Å². The largest absolute Gasteiger partial charge is 0.418 e. The molecule has 12 nitrogen and oxygen atoms in total. The third-order valence-corrected chi connectivity index (χ3v) is 4.60. The van der Waals surface area contributed by atoms with Gasteiger partial charge in [0.05, 0.1) is 12.1 Å². The summed E-state index contributed by atoms with van der Waals surface area (Å²) in [6.07, 6.45) is 1.26. The first-order valence-corrected chi connectivity index (χ1v) is 8.73. The molecule has 13 heteroatoms. The van der Waals surface area contributed by atoms with Gasteiger partial charge in [-0.1, -0.05) is 0 Å². The van der Waals surface area contributed by atoms with Crippen molar-refractivity contribution in [2.75, 3.05) is 13.1 Å². The molecule has 3 saturated heterocycles. The van der Waals surface area contributed by atoms with Crippen LogP contribution in [0.5, 0.6) is 0 Å². The SMILES string of the molecule is O=C(NNC(=O)C1CCC2CN1C(=O)N2OS(=O)(=O)O)C1CCN1. The Morgan fingerprint density at radius 3 is 2.46 bits per heavy atom. The fraction of sp³-hybridized carbons (Fsp3) is 0.727. The van der Waals surface area contributed by atoms with Gasteiger partial charge in [0, 0.05) is 6.54 Å². The Morgan fingerprint density at radius 1 is 1.21 bits per heavy atom. The molecular weight excluding hydrogens is 346 g/mol. The van der Waals surface area contributed by atoms with Crippen LogP contribution in [0.4, 0.5) is 4.79 Å². The minimum Gasteiger partial charge on any atom is -0.309 e. The van der Waals surface area contributed by atoms with Gasteiger partial charge in [0.1, 0.15) is 6.04 Å². The summed E-state index contributed by atoms with van der Waals surface area (Å²) in [5.41, 5.74) is 4.55. The number of amides is 4. The predicted molar refractivity (Wildman–Crippen MR) is 76.1 cm³/mol. The molecule has 3 aliphatic rings. The highest BCUT2D eigenvalue weighted by Gasteiger charge is 2.49. The summed E-state index contributed by atoms with van der Waals surface area (Å²) in [5, 5.41) is 3.43. The number of nitrogens with one attached hydrogen (secondary N) is 3. The smallest absolute Gasteiger partial charge is 0.309 e. The van der Waals surface area contributed by atoms with Gasteiger partial charge in [-0.05, 0) is 25.8 Å². The molecule has 2 bridgehead atoms. The number of hydrogen-bond donors (Lipinski definition) is 4. The molecule has 3 atom stereocenters. The van der Waals surface area contributed by atoms with Crippen LogP contribution in [0.3, 0.4) is 0 Å². The topological polar surface area (TPSA) is 157 Å². The van der Waals surface area contributed by atoms with Crippen molar-refractivity contribution in [1.29, 1.82) is 0 Å². The lowest BCUT2D eigenvalue weighted by Gasteiger charge is -2.30. The molecule has 3 unspecified atom stereocenters. The van der Waals surface area contributed by atoms with Crippen molar-refractivity contribution in [1.82, 2.24) is 26.1 Å². The van der Waals surface area contributed by atoms with Crippen LogP contribution in [-0.4, -0.2) is 72.0 Å². The van der Waals surface area contributed by atoms with Gasteiger partial charge in [0.25, 0.3) is 11.8 Å². The highest BCUT2D eigenvalue weighted by molar-refractivity contribution is 7.80. The molecule has 0 aromatic rings. The third-order valence-electron chi connectivity index (χ3n) is 4.25. The zero-order chi connectivity index (χ0) is 17.5. The fourth-order valence-electron chi connectivity index (χ4n) is 2.91. The lowest BCUT2D eigenvalue weighted by molar-refractivity contribution is -0.133. The number of fused-ring (bicyclic) bond motifs is 2. The Bertz CT molecular complexity index is 664. The van der Waals surface area contributed by atoms with Crippen molar-refractivity contribution in [2.45, 2.75) is 37.4 Å². The first-order chi connectivity index (χ1) is 11.3. The van der Waals surface area contributed by atoms with Crippen LogP contribution in [0, 0.1) is 0 Å². The molecule has 3 rings (SSSR count). The Morgan fingerprint density at radius 2 is 1.88 bits per heavy atom. The van der Waals surface area contributed by atoms with E-state index in [1.54, 1.807) is 0 Å². The molecule has 0 saturated carbocycles. The molecule has 134 valence electrons. The highest BCUT2D eigenvalue weighted by Crippen LogP contribution is 2.30. The number of nitrogens with zero attached hydrogens (tertiary/aromatic N) is 2. The predicted octanol–water partition coefficient (Wildman–Crippen LogP) is -2.50. The number of piperidine rings is 1. The van der Waals surface area contributed by atoms with Gasteiger partial charge in [0.2, 0.25) is 0 Å². The van der Waals surface area contributed by atoms with Crippen molar-refractivity contribution < 1.29 is 31.6 Å². The number of rotatable bonds is 4. The fourth-order valence-corrected chi connectivity index (χ4v) is 3.30. The number of hydrogen-bond acceptors (Lipinski definition) is 7. The summed E-state index contributed by atoms with van der Waals surface area (Å²) in [6, 6.07) is -2.61. The van der Waals surface area contributed by atoms with Crippen LogP contribution in [0.15, 0.2) is 0 Å². The van der Waals surface area contributed by atoms with E-state index in [4.69, 9.17) is 4.55 Å². The van der Waals surface area contributed by atoms with Crippen LogP contribution < -0.4 is 16.2 Å².